The molecular weight excluding hydrogens is 174 g/mol. The zero-order valence-electron chi connectivity index (χ0n) is 10.1. The van der Waals surface area contributed by atoms with E-state index in [1.807, 2.05) is 6.08 Å². The van der Waals surface area contributed by atoms with Crippen LogP contribution < -0.4 is 5.32 Å². The van der Waals surface area contributed by atoms with Crippen molar-refractivity contribution in [3.05, 3.63) is 12.7 Å². The minimum atomic E-state index is -0.0861. The van der Waals surface area contributed by atoms with Crippen LogP contribution in [0.25, 0.3) is 0 Å². The quantitative estimate of drug-likeness (QED) is 0.479. The first-order chi connectivity index (χ1) is 6.58. The molecule has 0 aliphatic carbocycles. The van der Waals surface area contributed by atoms with Gasteiger partial charge < -0.3 is 10.1 Å². The molecule has 2 heteroatoms. The van der Waals surface area contributed by atoms with Gasteiger partial charge in [-0.15, -0.1) is 6.58 Å². The SMILES string of the molecule is C=CCCCC(NCC)C(C)(C)OC. The lowest BCUT2D eigenvalue weighted by molar-refractivity contribution is -0.0125. The summed E-state index contributed by atoms with van der Waals surface area (Å²) in [5.41, 5.74) is -0.0861. The maximum atomic E-state index is 5.49. The predicted molar refractivity (Wildman–Crippen MR) is 62.6 cm³/mol. The zero-order valence-corrected chi connectivity index (χ0v) is 10.1. The third-order valence-corrected chi connectivity index (χ3v) is 2.72. The molecule has 14 heavy (non-hydrogen) atoms. The van der Waals surface area contributed by atoms with Crippen molar-refractivity contribution in [1.29, 1.82) is 0 Å². The van der Waals surface area contributed by atoms with Crippen molar-refractivity contribution in [2.75, 3.05) is 13.7 Å². The molecule has 0 aliphatic heterocycles. The average molecular weight is 199 g/mol. The van der Waals surface area contributed by atoms with E-state index in [1.54, 1.807) is 7.11 Å². The number of rotatable bonds is 8. The second-order valence-corrected chi connectivity index (χ2v) is 4.14. The van der Waals surface area contributed by atoms with Crippen LogP contribution in [-0.2, 0) is 4.74 Å². The summed E-state index contributed by atoms with van der Waals surface area (Å²) in [6, 6.07) is 0.428. The number of hydrogen-bond acceptors (Lipinski definition) is 2. The summed E-state index contributed by atoms with van der Waals surface area (Å²) >= 11 is 0. The Labute approximate surface area is 88.7 Å². The number of ether oxygens (including phenoxy) is 1. The van der Waals surface area contributed by atoms with Crippen LogP contribution in [0.1, 0.15) is 40.0 Å². The van der Waals surface area contributed by atoms with E-state index in [1.165, 1.54) is 6.42 Å². The number of methoxy groups -OCH3 is 1. The molecule has 0 rings (SSSR count). The van der Waals surface area contributed by atoms with Gasteiger partial charge in [0.25, 0.3) is 0 Å². The van der Waals surface area contributed by atoms with Crippen LogP contribution in [0.4, 0.5) is 0 Å². The summed E-state index contributed by atoms with van der Waals surface area (Å²) in [6.45, 7) is 11.1. The normalized spacial score (nSPS) is 14.0. The number of hydrogen-bond donors (Lipinski definition) is 1. The van der Waals surface area contributed by atoms with Gasteiger partial charge in [0, 0.05) is 13.2 Å². The van der Waals surface area contributed by atoms with Crippen molar-refractivity contribution in [3.63, 3.8) is 0 Å². The van der Waals surface area contributed by atoms with E-state index in [0.717, 1.165) is 19.4 Å². The number of unbranched alkanes of at least 4 members (excludes halogenated alkanes) is 1. The Morgan fingerprint density at radius 3 is 2.57 bits per heavy atom. The van der Waals surface area contributed by atoms with Gasteiger partial charge in [-0.05, 0) is 39.7 Å². The lowest BCUT2D eigenvalue weighted by Crippen LogP contribution is -2.48. The Bertz CT molecular complexity index is 154. The fourth-order valence-corrected chi connectivity index (χ4v) is 1.55. The third kappa shape index (κ3) is 4.77. The summed E-state index contributed by atoms with van der Waals surface area (Å²) in [7, 11) is 1.78. The fourth-order valence-electron chi connectivity index (χ4n) is 1.55. The van der Waals surface area contributed by atoms with Gasteiger partial charge in [0.05, 0.1) is 5.60 Å². The summed E-state index contributed by atoms with van der Waals surface area (Å²) in [6.07, 6.45) is 5.37. The molecule has 0 spiro atoms. The predicted octanol–water partition coefficient (Wildman–Crippen LogP) is 2.75. The minimum Gasteiger partial charge on any atom is -0.377 e. The molecule has 84 valence electrons. The second kappa shape index (κ2) is 7.02. The summed E-state index contributed by atoms with van der Waals surface area (Å²) in [5.74, 6) is 0. The highest BCUT2D eigenvalue weighted by molar-refractivity contribution is 4.85. The number of nitrogens with one attached hydrogen (secondary N) is 1. The summed E-state index contributed by atoms with van der Waals surface area (Å²) < 4.78 is 5.49. The Morgan fingerprint density at radius 2 is 2.14 bits per heavy atom. The van der Waals surface area contributed by atoms with Gasteiger partial charge in [-0.2, -0.15) is 0 Å². The van der Waals surface area contributed by atoms with Crippen LogP contribution in [0.15, 0.2) is 12.7 Å². The Morgan fingerprint density at radius 1 is 1.50 bits per heavy atom. The van der Waals surface area contributed by atoms with E-state index < -0.39 is 0 Å². The van der Waals surface area contributed by atoms with E-state index in [-0.39, 0.29) is 5.60 Å². The molecule has 0 aromatic rings. The van der Waals surface area contributed by atoms with Crippen molar-refractivity contribution in [3.8, 4) is 0 Å². The molecule has 1 N–H and O–H groups in total. The van der Waals surface area contributed by atoms with Crippen LogP contribution in [0, 0.1) is 0 Å². The van der Waals surface area contributed by atoms with E-state index in [9.17, 15) is 0 Å². The van der Waals surface area contributed by atoms with Crippen molar-refractivity contribution in [2.24, 2.45) is 0 Å². The van der Waals surface area contributed by atoms with Crippen molar-refractivity contribution < 1.29 is 4.74 Å². The van der Waals surface area contributed by atoms with Crippen molar-refractivity contribution in [1.82, 2.24) is 5.32 Å². The molecule has 2 nitrogen and oxygen atoms in total. The Balaban J connectivity index is 4.06. The van der Waals surface area contributed by atoms with Gasteiger partial charge in [0.15, 0.2) is 0 Å². The standard InChI is InChI=1S/C12H25NO/c1-6-8-9-10-11(13-7-2)12(3,4)14-5/h6,11,13H,1,7-10H2,2-5H3. The van der Waals surface area contributed by atoms with E-state index in [0.29, 0.717) is 6.04 Å². The van der Waals surface area contributed by atoms with Crippen LogP contribution in [0.2, 0.25) is 0 Å². The smallest absolute Gasteiger partial charge is 0.0774 e. The molecule has 0 aromatic carbocycles. The molecule has 0 fully saturated rings. The van der Waals surface area contributed by atoms with Gasteiger partial charge in [-0.25, -0.2) is 0 Å². The largest absolute Gasteiger partial charge is 0.377 e. The van der Waals surface area contributed by atoms with Gasteiger partial charge in [0.1, 0.15) is 0 Å². The van der Waals surface area contributed by atoms with Crippen LogP contribution in [0.5, 0.6) is 0 Å². The first-order valence-corrected chi connectivity index (χ1v) is 5.48. The highest BCUT2D eigenvalue weighted by Gasteiger charge is 2.27. The topological polar surface area (TPSA) is 21.3 Å². The summed E-state index contributed by atoms with van der Waals surface area (Å²) in [5, 5.41) is 3.47. The fraction of sp³-hybridized carbons (Fsp3) is 0.833. The Hall–Kier alpha value is -0.340. The molecule has 0 amide bonds. The van der Waals surface area contributed by atoms with Crippen LogP contribution in [-0.4, -0.2) is 25.3 Å². The molecule has 1 unspecified atom stereocenters. The molecule has 0 saturated heterocycles. The lowest BCUT2D eigenvalue weighted by Gasteiger charge is -2.33. The zero-order chi connectivity index (χ0) is 11.0. The van der Waals surface area contributed by atoms with Crippen molar-refractivity contribution >= 4 is 0 Å². The monoisotopic (exact) mass is 199 g/mol. The van der Waals surface area contributed by atoms with Crippen molar-refractivity contribution in [2.45, 2.75) is 51.7 Å². The van der Waals surface area contributed by atoms with E-state index in [4.69, 9.17) is 4.74 Å². The van der Waals surface area contributed by atoms with Gasteiger partial charge in [-0.1, -0.05) is 13.0 Å². The van der Waals surface area contributed by atoms with E-state index >= 15 is 0 Å². The summed E-state index contributed by atoms with van der Waals surface area (Å²) in [4.78, 5) is 0. The molecule has 0 radical (unpaired) electrons. The maximum absolute atomic E-state index is 5.49. The molecule has 1 atom stereocenters. The first kappa shape index (κ1) is 13.7. The highest BCUT2D eigenvalue weighted by atomic mass is 16.5. The third-order valence-electron chi connectivity index (χ3n) is 2.72. The lowest BCUT2D eigenvalue weighted by atomic mass is 9.93. The van der Waals surface area contributed by atoms with Crippen LogP contribution in [0.3, 0.4) is 0 Å². The molecule has 0 heterocycles. The molecule has 0 aliphatic rings. The van der Waals surface area contributed by atoms with Gasteiger partial charge in [0.2, 0.25) is 0 Å². The van der Waals surface area contributed by atoms with Gasteiger partial charge >= 0.3 is 0 Å². The molecule has 0 aromatic heterocycles. The highest BCUT2D eigenvalue weighted by Crippen LogP contribution is 2.18. The number of allylic oxidation sites excluding steroid dienone is 1. The maximum Gasteiger partial charge on any atom is 0.0774 e. The molecule has 0 saturated carbocycles. The molecular formula is C12H25NO. The Kier molecular flexibility index (Phi) is 6.85. The first-order valence-electron chi connectivity index (χ1n) is 5.48. The van der Waals surface area contributed by atoms with Crippen LogP contribution >= 0.6 is 0 Å². The second-order valence-electron chi connectivity index (χ2n) is 4.14. The number of likely N-dealkylation sites (N-methyl/N-ethyl adjacent to an activating group) is 1. The minimum absolute atomic E-state index is 0.0861. The molecule has 0 bridgehead atoms. The van der Waals surface area contributed by atoms with Gasteiger partial charge in [-0.3, -0.25) is 0 Å². The average Bonchev–Trinajstić information content (AvgIpc) is 2.17. The van der Waals surface area contributed by atoms with E-state index in [2.05, 4.69) is 32.7 Å².